The van der Waals surface area contributed by atoms with E-state index in [1.54, 1.807) is 30.0 Å². The predicted molar refractivity (Wildman–Crippen MR) is 108 cm³/mol. The highest BCUT2D eigenvalue weighted by molar-refractivity contribution is 6.01. The summed E-state index contributed by atoms with van der Waals surface area (Å²) in [7, 11) is 3.21. The first kappa shape index (κ1) is 20.2. The molecule has 9 nitrogen and oxygen atoms in total. The van der Waals surface area contributed by atoms with Gasteiger partial charge in [-0.2, -0.15) is 0 Å². The largest absolute Gasteiger partial charge is 0.496 e. The molecule has 9 heteroatoms. The Hall–Kier alpha value is -3.07. The van der Waals surface area contributed by atoms with E-state index in [9.17, 15) is 14.4 Å². The van der Waals surface area contributed by atoms with Crippen molar-refractivity contribution in [2.45, 2.75) is 12.5 Å². The van der Waals surface area contributed by atoms with E-state index in [1.165, 1.54) is 4.90 Å². The number of benzene rings is 1. The number of urea groups is 1. The number of amides is 4. The van der Waals surface area contributed by atoms with Gasteiger partial charge in [0.05, 0.1) is 44.2 Å². The van der Waals surface area contributed by atoms with E-state index in [1.807, 2.05) is 18.2 Å². The number of likely N-dealkylation sites (N-methyl/N-ethyl adjacent to an activating group) is 1. The van der Waals surface area contributed by atoms with Gasteiger partial charge in [-0.15, -0.1) is 0 Å². The maximum Gasteiger partial charge on any atom is 0.322 e. The first-order valence-electron chi connectivity index (χ1n) is 10.1. The average molecular weight is 414 g/mol. The van der Waals surface area contributed by atoms with Crippen molar-refractivity contribution < 1.29 is 23.9 Å². The number of morpholine rings is 1. The summed E-state index contributed by atoms with van der Waals surface area (Å²) in [6.45, 7) is 2.87. The van der Waals surface area contributed by atoms with Crippen molar-refractivity contribution in [2.75, 3.05) is 53.6 Å². The highest BCUT2D eigenvalue weighted by Gasteiger charge is 2.43. The van der Waals surface area contributed by atoms with Crippen LogP contribution in [-0.2, 0) is 14.3 Å². The summed E-state index contributed by atoms with van der Waals surface area (Å²) in [6.07, 6.45) is 0.247. The molecule has 3 heterocycles. The summed E-state index contributed by atoms with van der Waals surface area (Å²) in [4.78, 5) is 43.2. The van der Waals surface area contributed by atoms with Crippen molar-refractivity contribution in [1.29, 1.82) is 0 Å². The van der Waals surface area contributed by atoms with Crippen molar-refractivity contribution in [3.8, 4) is 5.75 Å². The molecule has 1 aromatic rings. The predicted octanol–water partition coefficient (Wildman–Crippen LogP) is 0.737. The number of carbonyl (C=O) groups excluding carboxylic acids is 3. The molecular formula is C21H26N4O5. The summed E-state index contributed by atoms with van der Waals surface area (Å²) in [5.41, 5.74) is 1.92. The van der Waals surface area contributed by atoms with Crippen LogP contribution in [0.3, 0.4) is 0 Å². The topological polar surface area (TPSA) is 91.4 Å². The molecule has 0 saturated carbocycles. The Bertz CT molecular complexity index is 893. The van der Waals surface area contributed by atoms with Crippen LogP contribution in [0.15, 0.2) is 35.5 Å². The quantitative estimate of drug-likeness (QED) is 0.767. The number of nitrogens with one attached hydrogen (secondary N) is 1. The summed E-state index contributed by atoms with van der Waals surface area (Å²) < 4.78 is 10.7. The second-order valence-corrected chi connectivity index (χ2v) is 7.51. The Kier molecular flexibility index (Phi) is 5.63. The first-order chi connectivity index (χ1) is 14.5. The van der Waals surface area contributed by atoms with Gasteiger partial charge < -0.3 is 24.6 Å². The van der Waals surface area contributed by atoms with Crippen LogP contribution in [0.4, 0.5) is 4.79 Å². The molecule has 0 spiro atoms. The summed E-state index contributed by atoms with van der Waals surface area (Å²) in [5.74, 6) is 0.454. The van der Waals surface area contributed by atoms with Gasteiger partial charge in [0.2, 0.25) is 5.91 Å². The first-order valence-corrected chi connectivity index (χ1v) is 10.1. The normalized spacial score (nSPS) is 21.7. The van der Waals surface area contributed by atoms with Crippen LogP contribution in [0.2, 0.25) is 0 Å². The van der Waals surface area contributed by atoms with E-state index in [4.69, 9.17) is 9.47 Å². The maximum absolute atomic E-state index is 13.3. The number of para-hydroxylation sites is 1. The molecule has 1 unspecified atom stereocenters. The van der Waals surface area contributed by atoms with Gasteiger partial charge in [0.15, 0.2) is 0 Å². The number of rotatable bonds is 5. The molecule has 4 amide bonds. The zero-order valence-corrected chi connectivity index (χ0v) is 17.2. The monoisotopic (exact) mass is 414 g/mol. The van der Waals surface area contributed by atoms with Crippen molar-refractivity contribution in [3.63, 3.8) is 0 Å². The molecule has 1 N–H and O–H groups in total. The van der Waals surface area contributed by atoms with Crippen LogP contribution in [0.5, 0.6) is 5.75 Å². The molecule has 1 saturated heterocycles. The Morgan fingerprint density at radius 2 is 1.97 bits per heavy atom. The highest BCUT2D eigenvalue weighted by atomic mass is 16.5. The number of hydrogen-bond donors (Lipinski definition) is 1. The van der Waals surface area contributed by atoms with Gasteiger partial charge in [0.25, 0.3) is 5.91 Å². The lowest BCUT2D eigenvalue weighted by atomic mass is 9.95. The third-order valence-electron chi connectivity index (χ3n) is 5.84. The molecule has 4 rings (SSSR count). The van der Waals surface area contributed by atoms with E-state index in [0.717, 1.165) is 5.56 Å². The number of ether oxygens (including phenoxy) is 2. The zero-order chi connectivity index (χ0) is 21.3. The summed E-state index contributed by atoms with van der Waals surface area (Å²) in [5, 5.41) is 2.91. The fraction of sp³-hybridized carbons (Fsp3) is 0.476. The molecule has 1 atom stereocenters. The highest BCUT2D eigenvalue weighted by Crippen LogP contribution is 2.38. The fourth-order valence-corrected chi connectivity index (χ4v) is 4.14. The number of carbonyl (C=O) groups is 3. The van der Waals surface area contributed by atoms with Crippen molar-refractivity contribution in [1.82, 2.24) is 20.0 Å². The molecule has 0 radical (unpaired) electrons. The Morgan fingerprint density at radius 3 is 2.70 bits per heavy atom. The Labute approximate surface area is 175 Å². The summed E-state index contributed by atoms with van der Waals surface area (Å²) >= 11 is 0. The van der Waals surface area contributed by atoms with Crippen LogP contribution in [0.25, 0.3) is 0 Å². The molecule has 0 aromatic heterocycles. The second-order valence-electron chi connectivity index (χ2n) is 7.51. The van der Waals surface area contributed by atoms with Gasteiger partial charge in [0.1, 0.15) is 5.75 Å². The molecule has 1 fully saturated rings. The van der Waals surface area contributed by atoms with E-state index in [-0.39, 0.29) is 24.3 Å². The molecule has 3 aliphatic heterocycles. The third kappa shape index (κ3) is 3.60. The number of methoxy groups -OCH3 is 1. The molecule has 3 aliphatic rings. The zero-order valence-electron chi connectivity index (χ0n) is 17.2. The molecule has 30 heavy (non-hydrogen) atoms. The lowest BCUT2D eigenvalue weighted by molar-refractivity contribution is -0.136. The molecule has 1 aromatic carbocycles. The third-order valence-corrected chi connectivity index (χ3v) is 5.84. The molecule has 160 valence electrons. The standard InChI is InChI=1S/C21H26N4O5/c1-23-15-13-25(8-7-17(26)24-9-11-30-12-10-24)20(27)18(15)19(22-21(23)28)14-5-3-4-6-16(14)29-2/h3-6,19H,7-13H2,1-2H3,(H,22,28). The van der Waals surface area contributed by atoms with E-state index in [0.29, 0.717) is 56.4 Å². The van der Waals surface area contributed by atoms with Crippen molar-refractivity contribution in [2.24, 2.45) is 0 Å². The number of nitrogens with zero attached hydrogens (tertiary/aromatic N) is 3. The Morgan fingerprint density at radius 1 is 1.23 bits per heavy atom. The smallest absolute Gasteiger partial charge is 0.322 e. The van der Waals surface area contributed by atoms with Crippen molar-refractivity contribution in [3.05, 3.63) is 41.1 Å². The number of hydrogen-bond acceptors (Lipinski definition) is 5. The van der Waals surface area contributed by atoms with E-state index >= 15 is 0 Å². The van der Waals surface area contributed by atoms with Gasteiger partial charge in [-0.1, -0.05) is 18.2 Å². The van der Waals surface area contributed by atoms with Gasteiger partial charge in [-0.3, -0.25) is 14.5 Å². The van der Waals surface area contributed by atoms with Gasteiger partial charge in [0, 0.05) is 38.7 Å². The van der Waals surface area contributed by atoms with E-state index in [2.05, 4.69) is 5.32 Å². The Balaban J connectivity index is 1.53. The second kappa shape index (κ2) is 8.35. The lowest BCUT2D eigenvalue weighted by Crippen LogP contribution is -2.45. The average Bonchev–Trinajstić information content (AvgIpc) is 3.11. The minimum absolute atomic E-state index is 0.0137. The fourth-order valence-electron chi connectivity index (χ4n) is 4.14. The molecule has 0 aliphatic carbocycles. The lowest BCUT2D eigenvalue weighted by Gasteiger charge is -2.31. The summed E-state index contributed by atoms with van der Waals surface area (Å²) in [6, 6.07) is 6.47. The van der Waals surface area contributed by atoms with Crippen LogP contribution < -0.4 is 10.1 Å². The van der Waals surface area contributed by atoms with Crippen LogP contribution in [0, 0.1) is 0 Å². The SMILES string of the molecule is COc1ccccc1C1NC(=O)N(C)C2=C1C(=O)N(CCC(=O)N1CCOCC1)C2. The van der Waals surface area contributed by atoms with E-state index < -0.39 is 6.04 Å². The minimum Gasteiger partial charge on any atom is -0.496 e. The van der Waals surface area contributed by atoms with Crippen LogP contribution in [-0.4, -0.2) is 86.1 Å². The van der Waals surface area contributed by atoms with Crippen LogP contribution in [0.1, 0.15) is 18.0 Å². The molecule has 0 bridgehead atoms. The van der Waals surface area contributed by atoms with Gasteiger partial charge >= 0.3 is 6.03 Å². The van der Waals surface area contributed by atoms with Crippen molar-refractivity contribution >= 4 is 17.8 Å². The van der Waals surface area contributed by atoms with Gasteiger partial charge in [-0.05, 0) is 6.07 Å². The minimum atomic E-state index is -0.590. The molecular weight excluding hydrogens is 388 g/mol. The van der Waals surface area contributed by atoms with Gasteiger partial charge in [-0.25, -0.2) is 4.79 Å². The van der Waals surface area contributed by atoms with Crippen LogP contribution >= 0.6 is 0 Å². The maximum atomic E-state index is 13.3.